The van der Waals surface area contributed by atoms with Gasteiger partial charge in [0.15, 0.2) is 11.5 Å². The first-order valence-corrected chi connectivity index (χ1v) is 8.69. The molecule has 1 aromatic carbocycles. The van der Waals surface area contributed by atoms with Crippen molar-refractivity contribution in [3.63, 3.8) is 0 Å². The topological polar surface area (TPSA) is 98.4 Å². The molecule has 0 aliphatic rings. The molecule has 0 aliphatic carbocycles. The van der Waals surface area contributed by atoms with E-state index in [1.807, 2.05) is 6.92 Å². The van der Waals surface area contributed by atoms with Gasteiger partial charge >= 0.3 is 0 Å². The monoisotopic (exact) mass is 366 g/mol. The molecular weight excluding hydrogens is 344 g/mol. The first kappa shape index (κ1) is 18.9. The van der Waals surface area contributed by atoms with Crippen molar-refractivity contribution in [1.82, 2.24) is 20.5 Å². The van der Waals surface area contributed by atoms with Crippen molar-refractivity contribution in [2.75, 3.05) is 27.1 Å². The maximum Gasteiger partial charge on any atom is 0.230 e. The third-order valence-electron chi connectivity index (χ3n) is 3.44. The number of nitrogens with one attached hydrogen (secondary N) is 2. The summed E-state index contributed by atoms with van der Waals surface area (Å²) in [5, 5.41) is 10.3. The summed E-state index contributed by atoms with van der Waals surface area (Å²) < 4.78 is 15.9. The highest BCUT2D eigenvalue weighted by molar-refractivity contribution is 7.99. The zero-order chi connectivity index (χ0) is 18.2. The summed E-state index contributed by atoms with van der Waals surface area (Å²) in [6.07, 6.45) is 0.777. The van der Waals surface area contributed by atoms with E-state index in [4.69, 9.17) is 14.2 Å². The molecule has 8 nitrogen and oxygen atoms in total. The number of benzene rings is 1. The average Bonchev–Trinajstić information content (AvgIpc) is 3.11. The Hall–Kier alpha value is -2.42. The predicted octanol–water partition coefficient (Wildman–Crippen LogP) is 1.80. The minimum atomic E-state index is -0.121. The maximum atomic E-state index is 12.0. The molecule has 0 unspecified atom stereocenters. The van der Waals surface area contributed by atoms with Gasteiger partial charge in [0, 0.05) is 24.6 Å². The largest absolute Gasteiger partial charge is 0.496 e. The van der Waals surface area contributed by atoms with Crippen LogP contribution in [-0.4, -0.2) is 48.2 Å². The van der Waals surface area contributed by atoms with E-state index < -0.39 is 0 Å². The molecule has 2 N–H and O–H groups in total. The second-order valence-corrected chi connectivity index (χ2v) is 5.95. The molecule has 0 aliphatic heterocycles. The lowest BCUT2D eigenvalue weighted by molar-refractivity contribution is -0.118. The van der Waals surface area contributed by atoms with Crippen molar-refractivity contribution in [2.24, 2.45) is 0 Å². The molecular formula is C16H22N4O4S. The Labute approximate surface area is 150 Å². The highest BCUT2D eigenvalue weighted by Crippen LogP contribution is 2.34. The van der Waals surface area contributed by atoms with Crippen molar-refractivity contribution in [2.45, 2.75) is 25.0 Å². The lowest BCUT2D eigenvalue weighted by atomic mass is 10.1. The number of methoxy groups -OCH3 is 3. The first-order chi connectivity index (χ1) is 12.1. The Morgan fingerprint density at radius 3 is 2.44 bits per heavy atom. The predicted molar refractivity (Wildman–Crippen MR) is 94.4 cm³/mol. The molecule has 1 aromatic heterocycles. The van der Waals surface area contributed by atoms with Crippen molar-refractivity contribution in [1.29, 1.82) is 0 Å². The fraction of sp³-hybridized carbons (Fsp3) is 0.438. The van der Waals surface area contributed by atoms with Gasteiger partial charge in [-0.2, -0.15) is 0 Å². The molecule has 2 aromatic rings. The summed E-state index contributed by atoms with van der Waals surface area (Å²) in [6, 6.07) is 3.52. The molecule has 0 saturated heterocycles. The zero-order valence-corrected chi connectivity index (χ0v) is 15.5. The molecule has 2 rings (SSSR count). The third-order valence-corrected chi connectivity index (χ3v) is 4.29. The summed E-state index contributed by atoms with van der Waals surface area (Å²) in [6.45, 7) is 2.30. The second kappa shape index (κ2) is 9.16. The number of amides is 1. The number of H-pyrrole nitrogens is 1. The first-order valence-electron chi connectivity index (χ1n) is 7.70. The highest BCUT2D eigenvalue weighted by atomic mass is 32.2. The fourth-order valence-corrected chi connectivity index (χ4v) is 2.75. The van der Waals surface area contributed by atoms with Crippen LogP contribution in [0.3, 0.4) is 0 Å². The number of ether oxygens (including phenoxy) is 3. The summed E-state index contributed by atoms with van der Waals surface area (Å²) in [7, 11) is 4.69. The van der Waals surface area contributed by atoms with Crippen LogP contribution in [0.4, 0.5) is 0 Å². The van der Waals surface area contributed by atoms with E-state index in [1.165, 1.54) is 11.8 Å². The van der Waals surface area contributed by atoms with Crippen LogP contribution in [0.5, 0.6) is 17.2 Å². The van der Waals surface area contributed by atoms with Crippen LogP contribution >= 0.6 is 11.8 Å². The number of carbonyl (C=O) groups excluding carboxylic acids is 1. The second-order valence-electron chi connectivity index (χ2n) is 5.00. The summed E-state index contributed by atoms with van der Waals surface area (Å²) in [5.74, 6) is 2.68. The standard InChI is InChI=1S/C16H22N4O4S/c1-5-14-18-16(20-19-14)25-9-15(21)17-8-10-6-12(23-3)13(24-4)7-11(10)22-2/h6-7H,5,8-9H2,1-4H3,(H,17,21)(H,18,19,20). The molecule has 0 bridgehead atoms. The van der Waals surface area contributed by atoms with Gasteiger partial charge in [-0.15, -0.1) is 5.10 Å². The number of rotatable bonds is 9. The molecule has 0 spiro atoms. The summed E-state index contributed by atoms with van der Waals surface area (Å²) in [5.41, 5.74) is 0.796. The molecule has 136 valence electrons. The van der Waals surface area contributed by atoms with E-state index in [0.29, 0.717) is 28.9 Å². The molecule has 9 heteroatoms. The summed E-state index contributed by atoms with van der Waals surface area (Å²) >= 11 is 1.28. The molecule has 0 radical (unpaired) electrons. The lowest BCUT2D eigenvalue weighted by Gasteiger charge is -2.14. The Morgan fingerprint density at radius 1 is 1.16 bits per heavy atom. The smallest absolute Gasteiger partial charge is 0.230 e. The number of hydrogen-bond acceptors (Lipinski definition) is 7. The fourth-order valence-electron chi connectivity index (χ4n) is 2.11. The van der Waals surface area contributed by atoms with E-state index in [2.05, 4.69) is 20.5 Å². The Morgan fingerprint density at radius 2 is 1.84 bits per heavy atom. The number of hydrogen-bond donors (Lipinski definition) is 2. The van der Waals surface area contributed by atoms with Gasteiger partial charge in [0.1, 0.15) is 11.6 Å². The Bertz CT molecular complexity index is 720. The van der Waals surface area contributed by atoms with Gasteiger partial charge in [-0.1, -0.05) is 18.7 Å². The highest BCUT2D eigenvalue weighted by Gasteiger charge is 2.13. The number of nitrogens with zero attached hydrogens (tertiary/aromatic N) is 2. The van der Waals surface area contributed by atoms with E-state index in [-0.39, 0.29) is 11.7 Å². The third kappa shape index (κ3) is 5.02. The van der Waals surface area contributed by atoms with Gasteiger partial charge in [-0.25, -0.2) is 4.98 Å². The molecule has 0 fully saturated rings. The van der Waals surface area contributed by atoms with Crippen molar-refractivity contribution < 1.29 is 19.0 Å². The van der Waals surface area contributed by atoms with Crippen molar-refractivity contribution in [3.8, 4) is 17.2 Å². The van der Waals surface area contributed by atoms with Gasteiger partial charge in [0.2, 0.25) is 11.1 Å². The van der Waals surface area contributed by atoms with Crippen LogP contribution in [0.25, 0.3) is 0 Å². The molecule has 1 heterocycles. The molecule has 0 saturated carbocycles. The zero-order valence-electron chi connectivity index (χ0n) is 14.7. The number of carbonyl (C=O) groups is 1. The van der Waals surface area contributed by atoms with Gasteiger partial charge < -0.3 is 19.5 Å². The van der Waals surface area contributed by atoms with E-state index in [1.54, 1.807) is 33.5 Å². The minimum absolute atomic E-state index is 0.121. The molecule has 1 amide bonds. The van der Waals surface area contributed by atoms with Crippen LogP contribution in [0.15, 0.2) is 17.3 Å². The van der Waals surface area contributed by atoms with Gasteiger partial charge in [0.05, 0.1) is 27.1 Å². The number of aromatic amines is 1. The van der Waals surface area contributed by atoms with E-state index >= 15 is 0 Å². The summed E-state index contributed by atoms with van der Waals surface area (Å²) in [4.78, 5) is 16.3. The Kier molecular flexibility index (Phi) is 6.93. The normalized spacial score (nSPS) is 10.4. The van der Waals surface area contributed by atoms with E-state index in [9.17, 15) is 4.79 Å². The van der Waals surface area contributed by atoms with Gasteiger partial charge in [-0.05, 0) is 6.07 Å². The number of aromatic nitrogens is 3. The Balaban J connectivity index is 1.94. The van der Waals surface area contributed by atoms with Crippen LogP contribution < -0.4 is 19.5 Å². The minimum Gasteiger partial charge on any atom is -0.496 e. The van der Waals surface area contributed by atoms with Crippen LogP contribution in [0.1, 0.15) is 18.3 Å². The SMILES string of the molecule is CCc1nc(SCC(=O)NCc2cc(OC)c(OC)cc2OC)n[nH]1. The quantitative estimate of drug-likeness (QED) is 0.653. The maximum absolute atomic E-state index is 12.0. The van der Waals surface area contributed by atoms with Crippen LogP contribution in [-0.2, 0) is 17.8 Å². The van der Waals surface area contributed by atoms with Crippen LogP contribution in [0, 0.1) is 0 Å². The van der Waals surface area contributed by atoms with Crippen molar-refractivity contribution >= 4 is 17.7 Å². The lowest BCUT2D eigenvalue weighted by Crippen LogP contribution is -2.24. The van der Waals surface area contributed by atoms with E-state index in [0.717, 1.165) is 17.8 Å². The molecule has 25 heavy (non-hydrogen) atoms. The van der Waals surface area contributed by atoms with Crippen LogP contribution in [0.2, 0.25) is 0 Å². The van der Waals surface area contributed by atoms with Crippen molar-refractivity contribution in [3.05, 3.63) is 23.5 Å². The number of thioether (sulfide) groups is 1. The average molecular weight is 366 g/mol. The molecule has 0 atom stereocenters. The number of aryl methyl sites for hydroxylation is 1. The van der Waals surface area contributed by atoms with Gasteiger partial charge in [0.25, 0.3) is 0 Å². The van der Waals surface area contributed by atoms with Gasteiger partial charge in [-0.3, -0.25) is 9.89 Å².